The number of H-pyrrole nitrogens is 1. The molecule has 8 nitrogen and oxygen atoms in total. The molecule has 3 N–H and O–H groups in total. The van der Waals surface area contributed by atoms with Gasteiger partial charge in [0.25, 0.3) is 5.91 Å². The summed E-state index contributed by atoms with van der Waals surface area (Å²) in [5, 5.41) is 6.62. The van der Waals surface area contributed by atoms with E-state index in [1.807, 2.05) is 43.3 Å². The first-order valence-electron chi connectivity index (χ1n) is 10.9. The van der Waals surface area contributed by atoms with Gasteiger partial charge in [-0.25, -0.2) is 14.5 Å². The number of fused-ring (bicyclic) bond motifs is 6. The number of urea groups is 2. The molecule has 164 valence electrons. The molecule has 1 aromatic heterocycles. The zero-order chi connectivity index (χ0) is 22.5. The van der Waals surface area contributed by atoms with E-state index in [2.05, 4.69) is 15.6 Å². The van der Waals surface area contributed by atoms with E-state index in [1.165, 1.54) is 4.90 Å². The third-order valence-corrected chi connectivity index (χ3v) is 6.32. The molecule has 0 bridgehead atoms. The van der Waals surface area contributed by atoms with Crippen LogP contribution in [0.4, 0.5) is 15.3 Å². The van der Waals surface area contributed by atoms with Crippen molar-refractivity contribution in [2.75, 3.05) is 24.5 Å². The van der Waals surface area contributed by atoms with Gasteiger partial charge in [-0.15, -0.1) is 0 Å². The SMILES string of the molecule is CCNC(=O)N1C(=O)[C@@]2(c3ccccc31)c1[nH]c3ccccc3c1CCN2C(=O)NCC. The lowest BCUT2D eigenvalue weighted by Gasteiger charge is -2.43. The Morgan fingerprint density at radius 1 is 1.00 bits per heavy atom. The Morgan fingerprint density at radius 3 is 2.47 bits per heavy atom. The van der Waals surface area contributed by atoms with Gasteiger partial charge < -0.3 is 20.5 Å². The van der Waals surface area contributed by atoms with Crippen LogP contribution in [0.3, 0.4) is 0 Å². The first kappa shape index (κ1) is 20.1. The topological polar surface area (TPSA) is 97.5 Å². The Labute approximate surface area is 185 Å². The standard InChI is InChI=1S/C24H25N5O3/c1-3-25-22(31)28-14-13-16-15-9-5-7-11-18(15)27-20(16)24(28)17-10-6-8-12-19(17)29(21(24)30)23(32)26-4-2/h5-12,27H,3-4,13-14H2,1-2H3,(H,25,31)(H,26,32)/t24-/m1/s1. The summed E-state index contributed by atoms with van der Waals surface area (Å²) in [7, 11) is 0. The van der Waals surface area contributed by atoms with Crippen LogP contribution in [0.5, 0.6) is 0 Å². The molecular formula is C24H25N5O3. The smallest absolute Gasteiger partial charge is 0.328 e. The number of imide groups is 1. The van der Waals surface area contributed by atoms with Crippen molar-refractivity contribution in [1.29, 1.82) is 0 Å². The summed E-state index contributed by atoms with van der Waals surface area (Å²) in [6.07, 6.45) is 0.606. The third-order valence-electron chi connectivity index (χ3n) is 6.32. The van der Waals surface area contributed by atoms with Crippen LogP contribution in [-0.2, 0) is 16.8 Å². The van der Waals surface area contributed by atoms with Gasteiger partial charge in [0.2, 0.25) is 0 Å². The second-order valence-electron chi connectivity index (χ2n) is 7.96. The highest BCUT2D eigenvalue weighted by Crippen LogP contribution is 2.52. The maximum absolute atomic E-state index is 14.2. The fraction of sp³-hybridized carbons (Fsp3) is 0.292. The van der Waals surface area contributed by atoms with E-state index in [4.69, 9.17) is 0 Å². The van der Waals surface area contributed by atoms with Crippen LogP contribution >= 0.6 is 0 Å². The third kappa shape index (κ3) is 2.52. The highest BCUT2D eigenvalue weighted by molar-refractivity contribution is 6.24. The van der Waals surface area contributed by atoms with Crippen molar-refractivity contribution in [1.82, 2.24) is 20.5 Å². The zero-order valence-corrected chi connectivity index (χ0v) is 18.1. The van der Waals surface area contributed by atoms with Crippen molar-refractivity contribution in [3.63, 3.8) is 0 Å². The molecule has 0 unspecified atom stereocenters. The van der Waals surface area contributed by atoms with Crippen LogP contribution in [0.25, 0.3) is 10.9 Å². The monoisotopic (exact) mass is 431 g/mol. The fourth-order valence-electron chi connectivity index (χ4n) is 5.09. The molecule has 3 aromatic rings. The number of aromatic nitrogens is 1. The van der Waals surface area contributed by atoms with Crippen LogP contribution in [0.2, 0.25) is 0 Å². The van der Waals surface area contributed by atoms with E-state index in [0.717, 1.165) is 16.5 Å². The zero-order valence-electron chi connectivity index (χ0n) is 18.1. The summed E-state index contributed by atoms with van der Waals surface area (Å²) in [5.74, 6) is -0.455. The molecule has 2 aliphatic heterocycles. The van der Waals surface area contributed by atoms with E-state index in [9.17, 15) is 14.4 Å². The minimum absolute atomic E-state index is 0.335. The van der Waals surface area contributed by atoms with E-state index >= 15 is 0 Å². The quantitative estimate of drug-likeness (QED) is 0.582. The summed E-state index contributed by atoms with van der Waals surface area (Å²) in [5.41, 5.74) is 2.21. The van der Waals surface area contributed by atoms with Gasteiger partial charge in [-0.05, 0) is 38.0 Å². The number of nitrogens with zero attached hydrogens (tertiary/aromatic N) is 2. The number of rotatable bonds is 2. The Bertz CT molecular complexity index is 1250. The fourth-order valence-corrected chi connectivity index (χ4v) is 5.09. The molecule has 1 atom stereocenters. The van der Waals surface area contributed by atoms with Crippen molar-refractivity contribution < 1.29 is 14.4 Å². The molecule has 1 spiro atoms. The number of hydrogen-bond donors (Lipinski definition) is 3. The van der Waals surface area contributed by atoms with Gasteiger partial charge in [-0.3, -0.25) is 4.79 Å². The number of amides is 5. The summed E-state index contributed by atoms with van der Waals surface area (Å²) in [6, 6.07) is 14.3. The molecule has 5 rings (SSSR count). The Morgan fingerprint density at radius 2 is 1.69 bits per heavy atom. The molecule has 0 saturated heterocycles. The Kier molecular flexibility index (Phi) is 4.65. The molecule has 0 saturated carbocycles. The first-order chi connectivity index (χ1) is 15.6. The molecule has 5 amide bonds. The number of hydrogen-bond acceptors (Lipinski definition) is 3. The first-order valence-corrected chi connectivity index (χ1v) is 10.9. The van der Waals surface area contributed by atoms with Crippen molar-refractivity contribution in [2.45, 2.75) is 25.8 Å². The van der Waals surface area contributed by atoms with Gasteiger partial charge >= 0.3 is 12.1 Å². The predicted molar refractivity (Wildman–Crippen MR) is 122 cm³/mol. The number of para-hydroxylation sites is 2. The largest absolute Gasteiger partial charge is 0.355 e. The Hall–Kier alpha value is -3.81. The summed E-state index contributed by atoms with van der Waals surface area (Å²) in [6.45, 7) is 4.81. The van der Waals surface area contributed by atoms with Crippen LogP contribution in [-0.4, -0.2) is 47.5 Å². The van der Waals surface area contributed by atoms with E-state index in [0.29, 0.717) is 43.0 Å². The van der Waals surface area contributed by atoms with E-state index in [1.54, 1.807) is 24.0 Å². The van der Waals surface area contributed by atoms with E-state index in [-0.39, 0.29) is 6.03 Å². The minimum Gasteiger partial charge on any atom is -0.355 e. The van der Waals surface area contributed by atoms with Crippen molar-refractivity contribution in [2.24, 2.45) is 0 Å². The maximum atomic E-state index is 14.2. The summed E-state index contributed by atoms with van der Waals surface area (Å²) in [4.78, 5) is 46.7. The molecule has 0 radical (unpaired) electrons. The molecule has 2 aliphatic rings. The average Bonchev–Trinajstić information content (AvgIpc) is 3.29. The van der Waals surface area contributed by atoms with Gasteiger partial charge in [0.05, 0.1) is 11.4 Å². The molecule has 32 heavy (non-hydrogen) atoms. The maximum Gasteiger partial charge on any atom is 0.328 e. The molecule has 8 heteroatoms. The summed E-state index contributed by atoms with van der Waals surface area (Å²) >= 11 is 0. The number of nitrogens with one attached hydrogen (secondary N) is 3. The molecule has 0 aliphatic carbocycles. The van der Waals surface area contributed by atoms with Crippen molar-refractivity contribution >= 4 is 34.6 Å². The number of benzene rings is 2. The van der Waals surface area contributed by atoms with Crippen LogP contribution < -0.4 is 15.5 Å². The number of carbonyl (C=O) groups is 3. The van der Waals surface area contributed by atoms with Crippen molar-refractivity contribution in [3.05, 3.63) is 65.4 Å². The van der Waals surface area contributed by atoms with E-state index < -0.39 is 17.5 Å². The lowest BCUT2D eigenvalue weighted by atomic mass is 9.80. The van der Waals surface area contributed by atoms with Gasteiger partial charge in [-0.1, -0.05) is 36.4 Å². The lowest BCUT2D eigenvalue weighted by Crippen LogP contribution is -2.62. The van der Waals surface area contributed by atoms with Gasteiger partial charge in [-0.2, -0.15) is 0 Å². The van der Waals surface area contributed by atoms with Crippen LogP contribution in [0.15, 0.2) is 48.5 Å². The van der Waals surface area contributed by atoms with Crippen LogP contribution in [0, 0.1) is 0 Å². The molecule has 2 aromatic carbocycles. The normalized spacial score (nSPS) is 19.2. The second kappa shape index (κ2) is 7.40. The average molecular weight is 431 g/mol. The van der Waals surface area contributed by atoms with Crippen LogP contribution in [0.1, 0.15) is 30.7 Å². The minimum atomic E-state index is -1.45. The predicted octanol–water partition coefficient (Wildman–Crippen LogP) is 3.08. The highest BCUT2D eigenvalue weighted by Gasteiger charge is 2.62. The van der Waals surface area contributed by atoms with Gasteiger partial charge in [0.15, 0.2) is 5.54 Å². The van der Waals surface area contributed by atoms with Gasteiger partial charge in [0.1, 0.15) is 0 Å². The van der Waals surface area contributed by atoms with Gasteiger partial charge in [0, 0.05) is 36.1 Å². The summed E-state index contributed by atoms with van der Waals surface area (Å²) < 4.78 is 0. The molecular weight excluding hydrogens is 406 g/mol. The number of carbonyl (C=O) groups excluding carboxylic acids is 3. The highest BCUT2D eigenvalue weighted by atomic mass is 16.2. The molecule has 3 heterocycles. The number of aromatic amines is 1. The molecule has 0 fully saturated rings. The Balaban J connectivity index is 1.83. The lowest BCUT2D eigenvalue weighted by molar-refractivity contribution is -0.126. The second-order valence-corrected chi connectivity index (χ2v) is 7.96. The number of anilines is 1. The van der Waals surface area contributed by atoms with Crippen molar-refractivity contribution in [3.8, 4) is 0 Å².